The summed E-state index contributed by atoms with van der Waals surface area (Å²) in [5.41, 5.74) is 1.44. The Balaban J connectivity index is 2.18. The van der Waals surface area contributed by atoms with Crippen molar-refractivity contribution >= 4 is 17.7 Å². The van der Waals surface area contributed by atoms with Gasteiger partial charge in [-0.1, -0.05) is 0 Å². The molecule has 0 aromatic heterocycles. The van der Waals surface area contributed by atoms with Crippen LogP contribution in [0.5, 0.6) is 17.2 Å². The molecule has 0 saturated carbocycles. The second-order valence-electron chi connectivity index (χ2n) is 4.85. The molecule has 5 heteroatoms. The lowest BCUT2D eigenvalue weighted by Gasteiger charge is -2.15. The summed E-state index contributed by atoms with van der Waals surface area (Å²) in [6.45, 7) is 0. The van der Waals surface area contributed by atoms with Gasteiger partial charge in [-0.15, -0.1) is 0 Å². The smallest absolute Gasteiger partial charge is 0.250 e. The molecule has 0 fully saturated rings. The Hall–Kier alpha value is -2.95. The summed E-state index contributed by atoms with van der Waals surface area (Å²) in [5, 5.41) is 9.29. The van der Waals surface area contributed by atoms with Crippen molar-refractivity contribution in [1.29, 1.82) is 0 Å². The number of carbonyl (C=O) groups is 1. The molecule has 0 aliphatic carbocycles. The molecule has 0 aliphatic rings. The first-order valence-corrected chi connectivity index (χ1v) is 7.02. The molecule has 0 heterocycles. The van der Waals surface area contributed by atoms with Crippen molar-refractivity contribution in [1.82, 2.24) is 0 Å². The lowest BCUT2D eigenvalue weighted by molar-refractivity contribution is -0.113. The molecule has 5 nitrogen and oxygen atoms in total. The van der Waals surface area contributed by atoms with E-state index in [1.165, 1.54) is 23.1 Å². The molecule has 1 N–H and O–H groups in total. The number of ether oxygens (including phenoxy) is 2. The van der Waals surface area contributed by atoms with Gasteiger partial charge in [0.2, 0.25) is 0 Å². The average Bonchev–Trinajstić information content (AvgIpc) is 2.59. The predicted molar refractivity (Wildman–Crippen MR) is 90.1 cm³/mol. The fraction of sp³-hybridized carbons (Fsp3) is 0.167. The second-order valence-corrected chi connectivity index (χ2v) is 4.85. The van der Waals surface area contributed by atoms with Gasteiger partial charge in [0, 0.05) is 24.4 Å². The Labute approximate surface area is 135 Å². The van der Waals surface area contributed by atoms with Gasteiger partial charge in [-0.25, -0.2) is 0 Å². The number of rotatable bonds is 5. The molecule has 2 aromatic carbocycles. The number of phenols is 1. The highest BCUT2D eigenvalue weighted by Gasteiger charge is 2.08. The number of benzene rings is 2. The predicted octanol–water partition coefficient (Wildman–Crippen LogP) is 3.09. The summed E-state index contributed by atoms with van der Waals surface area (Å²) in [5.74, 6) is 1.30. The van der Waals surface area contributed by atoms with Gasteiger partial charge in [0.15, 0.2) is 0 Å². The van der Waals surface area contributed by atoms with E-state index in [4.69, 9.17) is 9.47 Å². The van der Waals surface area contributed by atoms with E-state index in [1.54, 1.807) is 57.7 Å². The Morgan fingerprint density at radius 1 is 1.09 bits per heavy atom. The van der Waals surface area contributed by atoms with E-state index >= 15 is 0 Å². The van der Waals surface area contributed by atoms with E-state index in [0.717, 1.165) is 5.56 Å². The number of hydrogen-bond donors (Lipinski definition) is 1. The Morgan fingerprint density at radius 3 is 2.39 bits per heavy atom. The fourth-order valence-corrected chi connectivity index (χ4v) is 2.05. The van der Waals surface area contributed by atoms with Crippen LogP contribution in [0.1, 0.15) is 5.56 Å². The third kappa shape index (κ3) is 4.03. The first-order valence-electron chi connectivity index (χ1n) is 7.02. The van der Waals surface area contributed by atoms with Crippen LogP contribution < -0.4 is 14.4 Å². The molecule has 0 radical (unpaired) electrons. The van der Waals surface area contributed by atoms with Gasteiger partial charge in [-0.2, -0.15) is 0 Å². The Morgan fingerprint density at radius 2 is 1.78 bits per heavy atom. The van der Waals surface area contributed by atoms with Gasteiger partial charge in [0.1, 0.15) is 17.2 Å². The van der Waals surface area contributed by atoms with Gasteiger partial charge in [0.05, 0.1) is 14.2 Å². The number of anilines is 1. The monoisotopic (exact) mass is 313 g/mol. The van der Waals surface area contributed by atoms with Crippen LogP contribution >= 0.6 is 0 Å². The molecular formula is C18H19NO4. The van der Waals surface area contributed by atoms with Crippen LogP contribution in [0.2, 0.25) is 0 Å². The number of phenolic OH excluding ortho intramolecular Hbond substituents is 1. The number of aromatic hydroxyl groups is 1. The maximum atomic E-state index is 12.3. The minimum atomic E-state index is -0.194. The van der Waals surface area contributed by atoms with Crippen LogP contribution in [-0.2, 0) is 4.79 Å². The van der Waals surface area contributed by atoms with Crippen molar-refractivity contribution in [2.24, 2.45) is 0 Å². The molecule has 2 aromatic rings. The number of likely N-dealkylation sites (N-methyl/N-ethyl adjacent to an activating group) is 1. The van der Waals surface area contributed by atoms with Crippen LogP contribution in [-0.4, -0.2) is 32.3 Å². The van der Waals surface area contributed by atoms with Crippen molar-refractivity contribution in [2.45, 2.75) is 0 Å². The lowest BCUT2D eigenvalue weighted by Crippen LogP contribution is -2.23. The highest BCUT2D eigenvalue weighted by atomic mass is 16.5. The van der Waals surface area contributed by atoms with Gasteiger partial charge < -0.3 is 19.5 Å². The van der Waals surface area contributed by atoms with E-state index in [-0.39, 0.29) is 11.7 Å². The zero-order valence-corrected chi connectivity index (χ0v) is 13.3. The number of hydrogen-bond acceptors (Lipinski definition) is 4. The lowest BCUT2D eigenvalue weighted by atomic mass is 10.1. The summed E-state index contributed by atoms with van der Waals surface area (Å²) < 4.78 is 10.5. The summed E-state index contributed by atoms with van der Waals surface area (Å²) in [6.07, 6.45) is 3.14. The molecule has 120 valence electrons. The van der Waals surface area contributed by atoms with Crippen molar-refractivity contribution in [3.63, 3.8) is 0 Å². The largest absolute Gasteiger partial charge is 0.508 e. The zero-order valence-electron chi connectivity index (χ0n) is 13.3. The molecule has 1 amide bonds. The van der Waals surface area contributed by atoms with E-state index in [9.17, 15) is 9.90 Å². The summed E-state index contributed by atoms with van der Waals surface area (Å²) in [4.78, 5) is 13.7. The second kappa shape index (κ2) is 7.35. The summed E-state index contributed by atoms with van der Waals surface area (Å²) in [6, 6.07) is 11.8. The first-order chi connectivity index (χ1) is 11.0. The van der Waals surface area contributed by atoms with Gasteiger partial charge in [-0.05, 0) is 48.5 Å². The molecule has 0 unspecified atom stereocenters. The molecule has 0 spiro atoms. The number of carbonyl (C=O) groups excluding carboxylic acids is 1. The molecule has 0 bridgehead atoms. The zero-order chi connectivity index (χ0) is 16.8. The fourth-order valence-electron chi connectivity index (χ4n) is 2.05. The number of methoxy groups -OCH3 is 2. The van der Waals surface area contributed by atoms with E-state index < -0.39 is 0 Å². The van der Waals surface area contributed by atoms with Crippen molar-refractivity contribution in [3.8, 4) is 17.2 Å². The molecular weight excluding hydrogens is 294 g/mol. The van der Waals surface area contributed by atoms with Crippen LogP contribution in [0.15, 0.2) is 48.5 Å². The van der Waals surface area contributed by atoms with Crippen LogP contribution in [0.3, 0.4) is 0 Å². The van der Waals surface area contributed by atoms with E-state index in [2.05, 4.69) is 0 Å². The Bertz CT molecular complexity index is 707. The molecule has 0 saturated heterocycles. The van der Waals surface area contributed by atoms with E-state index in [1.807, 2.05) is 0 Å². The average molecular weight is 313 g/mol. The third-order valence-electron chi connectivity index (χ3n) is 3.41. The van der Waals surface area contributed by atoms with Crippen LogP contribution in [0.4, 0.5) is 5.69 Å². The number of nitrogens with zero attached hydrogens (tertiary/aromatic N) is 1. The molecule has 2 rings (SSSR count). The molecule has 0 aliphatic heterocycles. The highest BCUT2D eigenvalue weighted by Crippen LogP contribution is 2.25. The van der Waals surface area contributed by atoms with Gasteiger partial charge in [0.25, 0.3) is 5.91 Å². The van der Waals surface area contributed by atoms with Crippen LogP contribution in [0, 0.1) is 0 Å². The van der Waals surface area contributed by atoms with Gasteiger partial charge >= 0.3 is 0 Å². The normalized spacial score (nSPS) is 10.6. The van der Waals surface area contributed by atoms with Crippen molar-refractivity contribution < 1.29 is 19.4 Å². The topological polar surface area (TPSA) is 59.0 Å². The standard InChI is InChI=1S/C18H19NO4/c1-19(14-5-7-15(20)8-6-14)18(21)11-4-13-12-16(22-2)9-10-17(13)23-3/h4-12,20H,1-3H3/b11-4+. The maximum absolute atomic E-state index is 12.3. The quantitative estimate of drug-likeness (QED) is 0.862. The molecule has 0 atom stereocenters. The van der Waals surface area contributed by atoms with Crippen molar-refractivity contribution in [3.05, 3.63) is 54.1 Å². The summed E-state index contributed by atoms with van der Waals surface area (Å²) >= 11 is 0. The third-order valence-corrected chi connectivity index (χ3v) is 3.41. The minimum Gasteiger partial charge on any atom is -0.508 e. The number of amides is 1. The SMILES string of the molecule is COc1ccc(OC)c(/C=C/C(=O)N(C)c2ccc(O)cc2)c1. The molecule has 23 heavy (non-hydrogen) atoms. The van der Waals surface area contributed by atoms with Gasteiger partial charge in [-0.3, -0.25) is 4.79 Å². The van der Waals surface area contributed by atoms with Crippen LogP contribution in [0.25, 0.3) is 6.08 Å². The Kier molecular flexibility index (Phi) is 5.25. The first kappa shape index (κ1) is 16.4. The van der Waals surface area contributed by atoms with Crippen molar-refractivity contribution in [2.75, 3.05) is 26.2 Å². The van der Waals surface area contributed by atoms with E-state index in [0.29, 0.717) is 17.2 Å². The maximum Gasteiger partial charge on any atom is 0.250 e. The summed E-state index contributed by atoms with van der Waals surface area (Å²) in [7, 11) is 4.82. The highest BCUT2D eigenvalue weighted by molar-refractivity contribution is 6.03. The minimum absolute atomic E-state index is 0.159.